The van der Waals surface area contributed by atoms with Gasteiger partial charge in [0, 0.05) is 13.0 Å². The van der Waals surface area contributed by atoms with Crippen molar-refractivity contribution >= 4 is 5.91 Å². The van der Waals surface area contributed by atoms with Gasteiger partial charge in [-0.3, -0.25) is 10.2 Å². The van der Waals surface area contributed by atoms with E-state index in [1.165, 1.54) is 12.1 Å². The smallest absolute Gasteiger partial charge is 0.288 e. The average molecular weight is 258 g/mol. The predicted octanol–water partition coefficient (Wildman–Crippen LogP) is 2.34. The molecule has 1 aliphatic rings. The summed E-state index contributed by atoms with van der Waals surface area (Å²) in [5, 5.41) is 0.955. The molecule has 1 heterocycles. The Hall–Kier alpha value is -1.56. The van der Waals surface area contributed by atoms with Crippen LogP contribution in [-0.4, -0.2) is 23.6 Å². The van der Waals surface area contributed by atoms with E-state index in [2.05, 4.69) is 5.43 Å². The van der Waals surface area contributed by atoms with E-state index in [1.54, 1.807) is 19.1 Å². The van der Waals surface area contributed by atoms with Crippen LogP contribution in [0.3, 0.4) is 0 Å². The summed E-state index contributed by atoms with van der Waals surface area (Å²) in [6.45, 7) is 1.80. The highest BCUT2D eigenvalue weighted by Gasteiger charge is 2.46. The summed E-state index contributed by atoms with van der Waals surface area (Å²) in [7, 11) is 0. The lowest BCUT2D eigenvalue weighted by molar-refractivity contribution is -0.191. The van der Waals surface area contributed by atoms with Gasteiger partial charge in [-0.15, -0.1) is 0 Å². The summed E-state index contributed by atoms with van der Waals surface area (Å²) >= 11 is 0. The van der Waals surface area contributed by atoms with E-state index in [0.717, 1.165) is 10.6 Å². The van der Waals surface area contributed by atoms with E-state index < -0.39 is 12.2 Å². The molecular weight excluding hydrogens is 245 g/mol. The molecule has 1 aromatic carbocycles. The van der Waals surface area contributed by atoms with Gasteiger partial charge in [0.15, 0.2) is 0 Å². The normalized spacial score (nSPS) is 18.8. The molecule has 0 bridgehead atoms. The largest absolute Gasteiger partial charge is 0.409 e. The minimum absolute atomic E-state index is 0.0664. The number of hydrogen-bond acceptors (Lipinski definition) is 2. The summed E-state index contributed by atoms with van der Waals surface area (Å²) in [5.41, 5.74) is 3.15. The number of aryl methyl sites for hydroxylation is 1. The average Bonchev–Trinajstić information content (AvgIpc) is 2.62. The lowest BCUT2D eigenvalue weighted by atomic mass is 10.0. The molecule has 0 aliphatic carbocycles. The molecule has 18 heavy (non-hydrogen) atoms. The molecule has 0 saturated carbocycles. The molecule has 1 fully saturated rings. The number of hydrazine groups is 1. The number of nitrogens with zero attached hydrogens (tertiary/aromatic N) is 1. The van der Waals surface area contributed by atoms with Crippen LogP contribution in [0.1, 0.15) is 23.6 Å². The van der Waals surface area contributed by atoms with Crippen molar-refractivity contribution < 1.29 is 18.0 Å². The molecule has 1 amide bonds. The standard InChI is InChI=1S/C12H13F3N2O/c1-8-3-2-4-9(7-8)11(12(13,14)15)17-6-5-10(18)16-17/h2-4,7,11H,5-6H2,1H3,(H,16,18)/t11-/m0/s1. The van der Waals surface area contributed by atoms with E-state index in [9.17, 15) is 18.0 Å². The first kappa shape index (κ1) is 12.9. The van der Waals surface area contributed by atoms with Crippen molar-refractivity contribution in [3.63, 3.8) is 0 Å². The Kier molecular flexibility index (Phi) is 3.30. The van der Waals surface area contributed by atoms with Crippen LogP contribution in [0.5, 0.6) is 0 Å². The van der Waals surface area contributed by atoms with E-state index in [0.29, 0.717) is 0 Å². The Morgan fingerprint density at radius 1 is 1.39 bits per heavy atom. The molecule has 1 aliphatic heterocycles. The van der Waals surface area contributed by atoms with Gasteiger partial charge in [0.25, 0.3) is 0 Å². The minimum Gasteiger partial charge on any atom is -0.288 e. The zero-order valence-electron chi connectivity index (χ0n) is 9.79. The lowest BCUT2D eigenvalue weighted by Crippen LogP contribution is -2.43. The van der Waals surface area contributed by atoms with Crippen molar-refractivity contribution in [2.24, 2.45) is 0 Å². The van der Waals surface area contributed by atoms with Gasteiger partial charge < -0.3 is 0 Å². The topological polar surface area (TPSA) is 32.3 Å². The predicted molar refractivity (Wildman–Crippen MR) is 59.4 cm³/mol. The van der Waals surface area contributed by atoms with Gasteiger partial charge in [-0.05, 0) is 12.5 Å². The zero-order chi connectivity index (χ0) is 13.3. The Labute approximate surface area is 103 Å². The highest BCUT2D eigenvalue weighted by molar-refractivity contribution is 5.77. The Morgan fingerprint density at radius 2 is 2.11 bits per heavy atom. The second kappa shape index (κ2) is 4.61. The first-order chi connectivity index (χ1) is 8.38. The molecular formula is C12H13F3N2O. The zero-order valence-corrected chi connectivity index (χ0v) is 9.79. The molecule has 98 valence electrons. The highest BCUT2D eigenvalue weighted by Crippen LogP contribution is 2.37. The third-order valence-electron chi connectivity index (χ3n) is 2.83. The lowest BCUT2D eigenvalue weighted by Gasteiger charge is -2.29. The van der Waals surface area contributed by atoms with Gasteiger partial charge in [0.2, 0.25) is 5.91 Å². The van der Waals surface area contributed by atoms with Crippen LogP contribution in [0.2, 0.25) is 0 Å². The van der Waals surface area contributed by atoms with Gasteiger partial charge in [0.05, 0.1) is 0 Å². The number of alkyl halides is 3. The number of carbonyl (C=O) groups is 1. The molecule has 3 nitrogen and oxygen atoms in total. The summed E-state index contributed by atoms with van der Waals surface area (Å²) in [6.07, 6.45) is -4.33. The number of carbonyl (C=O) groups excluding carboxylic acids is 1. The quantitative estimate of drug-likeness (QED) is 0.883. The fourth-order valence-electron chi connectivity index (χ4n) is 2.07. The van der Waals surface area contributed by atoms with E-state index in [1.807, 2.05) is 0 Å². The maximum atomic E-state index is 13.1. The molecule has 1 atom stereocenters. The van der Waals surface area contributed by atoms with Crippen molar-refractivity contribution in [1.29, 1.82) is 0 Å². The number of hydrogen-bond donors (Lipinski definition) is 1. The van der Waals surface area contributed by atoms with Crippen molar-refractivity contribution in [2.45, 2.75) is 25.6 Å². The first-order valence-electron chi connectivity index (χ1n) is 5.57. The summed E-state index contributed by atoms with van der Waals surface area (Å²) in [6, 6.07) is 4.45. The number of rotatable bonds is 2. The monoisotopic (exact) mass is 258 g/mol. The summed E-state index contributed by atoms with van der Waals surface area (Å²) in [4.78, 5) is 11.1. The van der Waals surface area contributed by atoms with Crippen molar-refractivity contribution in [3.8, 4) is 0 Å². The van der Waals surface area contributed by atoms with Crippen molar-refractivity contribution in [3.05, 3.63) is 35.4 Å². The third-order valence-corrected chi connectivity index (χ3v) is 2.83. The molecule has 6 heteroatoms. The second-order valence-corrected chi connectivity index (χ2v) is 4.34. The molecule has 1 saturated heterocycles. The SMILES string of the molecule is Cc1cccc([C@H](N2CCC(=O)N2)C(F)(F)F)c1. The summed E-state index contributed by atoms with van der Waals surface area (Å²) < 4.78 is 39.4. The highest BCUT2D eigenvalue weighted by atomic mass is 19.4. The third kappa shape index (κ3) is 2.64. The van der Waals surface area contributed by atoms with E-state index >= 15 is 0 Å². The maximum absolute atomic E-state index is 13.1. The number of nitrogens with one attached hydrogen (secondary N) is 1. The van der Waals surface area contributed by atoms with Gasteiger partial charge in [-0.2, -0.15) is 13.2 Å². The minimum atomic E-state index is -4.43. The molecule has 0 radical (unpaired) electrons. The maximum Gasteiger partial charge on any atom is 0.409 e. The first-order valence-corrected chi connectivity index (χ1v) is 5.57. The Morgan fingerprint density at radius 3 is 2.61 bits per heavy atom. The molecule has 0 aromatic heterocycles. The molecule has 2 rings (SSSR count). The van der Waals surface area contributed by atoms with Crippen LogP contribution in [0.4, 0.5) is 13.2 Å². The van der Waals surface area contributed by atoms with Crippen LogP contribution < -0.4 is 5.43 Å². The van der Waals surface area contributed by atoms with Gasteiger partial charge in [0.1, 0.15) is 6.04 Å². The van der Waals surface area contributed by atoms with Crippen LogP contribution in [-0.2, 0) is 4.79 Å². The van der Waals surface area contributed by atoms with Crippen molar-refractivity contribution in [1.82, 2.24) is 10.4 Å². The Balaban J connectivity index is 2.34. The fourth-order valence-corrected chi connectivity index (χ4v) is 2.07. The van der Waals surface area contributed by atoms with Gasteiger partial charge in [-0.1, -0.05) is 29.8 Å². The molecule has 1 aromatic rings. The van der Waals surface area contributed by atoms with Gasteiger partial charge >= 0.3 is 6.18 Å². The Bertz CT molecular complexity index is 459. The van der Waals surface area contributed by atoms with Crippen LogP contribution in [0, 0.1) is 6.92 Å². The van der Waals surface area contributed by atoms with E-state index in [4.69, 9.17) is 0 Å². The number of halogens is 3. The molecule has 0 spiro atoms. The second-order valence-electron chi connectivity index (χ2n) is 4.34. The van der Waals surface area contributed by atoms with Crippen LogP contribution in [0.15, 0.2) is 24.3 Å². The van der Waals surface area contributed by atoms with Gasteiger partial charge in [-0.25, -0.2) is 5.01 Å². The van der Waals surface area contributed by atoms with Crippen molar-refractivity contribution in [2.75, 3.05) is 6.54 Å². The van der Waals surface area contributed by atoms with E-state index in [-0.39, 0.29) is 24.4 Å². The van der Waals surface area contributed by atoms with Crippen LogP contribution in [0.25, 0.3) is 0 Å². The van der Waals surface area contributed by atoms with Crippen LogP contribution >= 0.6 is 0 Å². The number of benzene rings is 1. The number of amides is 1. The molecule has 0 unspecified atom stereocenters. The fraction of sp³-hybridized carbons (Fsp3) is 0.417. The molecule has 1 N–H and O–H groups in total. The summed E-state index contributed by atoms with van der Waals surface area (Å²) in [5.74, 6) is -0.378.